The number of nitriles is 1. The van der Waals surface area contributed by atoms with Gasteiger partial charge in [0.25, 0.3) is 0 Å². The minimum absolute atomic E-state index is 0.286. The second kappa shape index (κ2) is 6.05. The molecule has 1 aromatic rings. The summed E-state index contributed by atoms with van der Waals surface area (Å²) in [6.45, 7) is 7.78. The predicted molar refractivity (Wildman–Crippen MR) is 69.9 cm³/mol. The Balaban J connectivity index is 2.45. The summed E-state index contributed by atoms with van der Waals surface area (Å²) in [4.78, 5) is 0. The van der Waals surface area contributed by atoms with Gasteiger partial charge in [-0.3, -0.25) is 0 Å². The Morgan fingerprint density at radius 2 is 2.06 bits per heavy atom. The van der Waals surface area contributed by atoms with Gasteiger partial charge in [0.2, 0.25) is 0 Å². The van der Waals surface area contributed by atoms with E-state index in [1.807, 2.05) is 6.07 Å². The fraction of sp³-hybridized carbons (Fsp3) is 0.500. The van der Waals surface area contributed by atoms with E-state index in [0.29, 0.717) is 17.2 Å². The minimum Gasteiger partial charge on any atom is -0.377 e. The van der Waals surface area contributed by atoms with Crippen LogP contribution in [0.3, 0.4) is 0 Å². The second-order valence-corrected chi connectivity index (χ2v) is 5.69. The summed E-state index contributed by atoms with van der Waals surface area (Å²) in [5.41, 5.74) is 1.79. The van der Waals surface area contributed by atoms with Gasteiger partial charge in [-0.15, -0.1) is 0 Å². The highest BCUT2D eigenvalue weighted by Gasteiger charge is 2.09. The molecule has 0 spiro atoms. The van der Waals surface area contributed by atoms with E-state index in [9.17, 15) is 0 Å². The van der Waals surface area contributed by atoms with E-state index in [1.54, 1.807) is 12.1 Å². The topological polar surface area (TPSA) is 33.0 Å². The van der Waals surface area contributed by atoms with Crippen LogP contribution in [0.2, 0.25) is 5.02 Å². The maximum Gasteiger partial charge on any atom is 0.0992 e. The van der Waals surface area contributed by atoms with Crippen LogP contribution in [0.4, 0.5) is 0 Å². The van der Waals surface area contributed by atoms with Crippen molar-refractivity contribution in [3.05, 3.63) is 34.3 Å². The van der Waals surface area contributed by atoms with Crippen molar-refractivity contribution in [2.45, 2.75) is 33.8 Å². The van der Waals surface area contributed by atoms with E-state index in [0.717, 1.165) is 18.6 Å². The Hall–Kier alpha value is -1.04. The zero-order chi connectivity index (χ0) is 12.9. The summed E-state index contributed by atoms with van der Waals surface area (Å²) in [7, 11) is 0. The van der Waals surface area contributed by atoms with E-state index in [1.165, 1.54) is 0 Å². The zero-order valence-electron chi connectivity index (χ0n) is 10.6. The van der Waals surface area contributed by atoms with Crippen LogP contribution in [0.1, 0.15) is 38.3 Å². The third-order valence-electron chi connectivity index (χ3n) is 2.44. The Morgan fingerprint density at radius 1 is 1.35 bits per heavy atom. The molecule has 92 valence electrons. The Labute approximate surface area is 108 Å². The molecular formula is C14H18ClNO. The third kappa shape index (κ3) is 5.21. The van der Waals surface area contributed by atoms with Gasteiger partial charge in [0.1, 0.15) is 0 Å². The average molecular weight is 252 g/mol. The second-order valence-electron chi connectivity index (χ2n) is 5.28. The van der Waals surface area contributed by atoms with Crippen LogP contribution in [0, 0.1) is 16.7 Å². The molecule has 0 saturated heterocycles. The van der Waals surface area contributed by atoms with Gasteiger partial charge < -0.3 is 4.74 Å². The summed E-state index contributed by atoms with van der Waals surface area (Å²) in [6.07, 6.45) is 1.01. The molecule has 0 atom stereocenters. The normalized spacial score (nSPS) is 11.2. The number of rotatable bonds is 4. The maximum atomic E-state index is 8.72. The molecule has 3 heteroatoms. The highest BCUT2D eigenvalue weighted by Crippen LogP contribution is 2.21. The number of hydrogen-bond acceptors (Lipinski definition) is 2. The molecule has 1 aromatic carbocycles. The Bertz CT molecular complexity index is 415. The van der Waals surface area contributed by atoms with Crippen molar-refractivity contribution in [1.82, 2.24) is 0 Å². The smallest absolute Gasteiger partial charge is 0.0992 e. The standard InChI is InChI=1S/C14H18ClNO/c1-14(2,3)6-7-17-10-12-5-4-11(9-16)8-13(12)15/h4-5,8H,6-7,10H2,1-3H3. The molecule has 17 heavy (non-hydrogen) atoms. The molecule has 0 fully saturated rings. The molecule has 0 heterocycles. The lowest BCUT2D eigenvalue weighted by atomic mass is 9.93. The first-order valence-electron chi connectivity index (χ1n) is 5.69. The molecule has 0 radical (unpaired) electrons. The number of hydrogen-bond donors (Lipinski definition) is 0. The summed E-state index contributed by atoms with van der Waals surface area (Å²) in [5.74, 6) is 0. The molecule has 1 rings (SSSR count). The predicted octanol–water partition coefficient (Wildman–Crippen LogP) is 4.16. The molecule has 0 N–H and O–H groups in total. The van der Waals surface area contributed by atoms with Crippen LogP contribution in [0.25, 0.3) is 0 Å². The van der Waals surface area contributed by atoms with Gasteiger partial charge in [-0.25, -0.2) is 0 Å². The summed E-state index contributed by atoms with van der Waals surface area (Å²) < 4.78 is 5.58. The molecule has 0 unspecified atom stereocenters. The van der Waals surface area contributed by atoms with Crippen molar-refractivity contribution in [3.8, 4) is 6.07 Å². The largest absolute Gasteiger partial charge is 0.377 e. The molecule has 2 nitrogen and oxygen atoms in total. The number of halogens is 1. The number of nitrogens with zero attached hydrogens (tertiary/aromatic N) is 1. The molecular weight excluding hydrogens is 234 g/mol. The molecule has 0 bridgehead atoms. The third-order valence-corrected chi connectivity index (χ3v) is 2.79. The van der Waals surface area contributed by atoms with Crippen LogP contribution >= 0.6 is 11.6 Å². The lowest BCUT2D eigenvalue weighted by molar-refractivity contribution is 0.0963. The average Bonchev–Trinajstić information content (AvgIpc) is 2.24. The highest BCUT2D eigenvalue weighted by atomic mass is 35.5. The fourth-order valence-electron chi connectivity index (χ4n) is 1.29. The van der Waals surface area contributed by atoms with Crippen LogP contribution in [-0.2, 0) is 11.3 Å². The first kappa shape index (κ1) is 14.0. The van der Waals surface area contributed by atoms with Crippen molar-refractivity contribution in [2.75, 3.05) is 6.61 Å². The SMILES string of the molecule is CC(C)(C)CCOCc1ccc(C#N)cc1Cl. The lowest BCUT2D eigenvalue weighted by Crippen LogP contribution is -2.09. The first-order chi connectivity index (χ1) is 7.92. The van der Waals surface area contributed by atoms with Gasteiger partial charge in [-0.05, 0) is 29.5 Å². The van der Waals surface area contributed by atoms with E-state index in [2.05, 4.69) is 26.8 Å². The van der Waals surface area contributed by atoms with Gasteiger partial charge in [-0.2, -0.15) is 5.26 Å². The van der Waals surface area contributed by atoms with E-state index < -0.39 is 0 Å². The number of benzene rings is 1. The molecule has 0 aromatic heterocycles. The van der Waals surface area contributed by atoms with Gasteiger partial charge >= 0.3 is 0 Å². The van der Waals surface area contributed by atoms with Crippen LogP contribution in [0.15, 0.2) is 18.2 Å². The zero-order valence-corrected chi connectivity index (χ0v) is 11.3. The van der Waals surface area contributed by atoms with Crippen molar-refractivity contribution >= 4 is 11.6 Å². The van der Waals surface area contributed by atoms with Gasteiger partial charge in [-0.1, -0.05) is 38.4 Å². The van der Waals surface area contributed by atoms with Crippen molar-refractivity contribution < 1.29 is 4.74 Å². The Morgan fingerprint density at radius 3 is 2.59 bits per heavy atom. The summed E-state index contributed by atoms with van der Waals surface area (Å²) in [6, 6.07) is 7.33. The monoisotopic (exact) mass is 251 g/mol. The minimum atomic E-state index is 0.286. The highest BCUT2D eigenvalue weighted by molar-refractivity contribution is 6.31. The maximum absolute atomic E-state index is 8.72. The lowest BCUT2D eigenvalue weighted by Gasteiger charge is -2.17. The molecule has 0 aliphatic heterocycles. The van der Waals surface area contributed by atoms with Gasteiger partial charge in [0.05, 0.1) is 18.2 Å². The summed E-state index contributed by atoms with van der Waals surface area (Å²) >= 11 is 6.05. The van der Waals surface area contributed by atoms with Crippen LogP contribution in [0.5, 0.6) is 0 Å². The van der Waals surface area contributed by atoms with E-state index >= 15 is 0 Å². The molecule has 0 saturated carbocycles. The van der Waals surface area contributed by atoms with Crippen molar-refractivity contribution in [3.63, 3.8) is 0 Å². The molecule has 0 aliphatic rings. The van der Waals surface area contributed by atoms with E-state index in [-0.39, 0.29) is 5.41 Å². The van der Waals surface area contributed by atoms with Gasteiger partial charge in [0, 0.05) is 11.6 Å². The van der Waals surface area contributed by atoms with Crippen LogP contribution in [-0.4, -0.2) is 6.61 Å². The summed E-state index contributed by atoms with van der Waals surface area (Å²) in [5, 5.41) is 9.31. The quantitative estimate of drug-likeness (QED) is 0.753. The van der Waals surface area contributed by atoms with Crippen molar-refractivity contribution in [2.24, 2.45) is 5.41 Å². The molecule has 0 aliphatic carbocycles. The van der Waals surface area contributed by atoms with Crippen LogP contribution < -0.4 is 0 Å². The fourth-order valence-corrected chi connectivity index (χ4v) is 1.53. The molecule has 0 amide bonds. The first-order valence-corrected chi connectivity index (χ1v) is 6.06. The Kier molecular flexibility index (Phi) is 4.99. The van der Waals surface area contributed by atoms with E-state index in [4.69, 9.17) is 21.6 Å². The number of ether oxygens (including phenoxy) is 1. The van der Waals surface area contributed by atoms with Gasteiger partial charge in [0.15, 0.2) is 0 Å². The van der Waals surface area contributed by atoms with Crippen molar-refractivity contribution in [1.29, 1.82) is 5.26 Å².